The third-order valence-corrected chi connectivity index (χ3v) is 2.50. The maximum atomic E-state index is 11.8. The quantitative estimate of drug-likeness (QED) is 0.596. The number of aliphatic hydroxyl groups is 2. The van der Waals surface area contributed by atoms with Gasteiger partial charge in [0, 0.05) is 17.7 Å². The Morgan fingerprint density at radius 3 is 2.50 bits per heavy atom. The van der Waals surface area contributed by atoms with E-state index in [4.69, 9.17) is 5.11 Å². The second-order valence-electron chi connectivity index (χ2n) is 4.03. The van der Waals surface area contributed by atoms with E-state index in [0.29, 0.717) is 5.69 Å². The summed E-state index contributed by atoms with van der Waals surface area (Å²) in [5, 5.41) is 30.5. The Hall–Kier alpha value is -2.27. The molecule has 1 aromatic carbocycles. The van der Waals surface area contributed by atoms with E-state index in [1.54, 1.807) is 12.1 Å². The van der Waals surface area contributed by atoms with Crippen molar-refractivity contribution in [2.45, 2.75) is 12.5 Å². The highest BCUT2D eigenvalue weighted by Crippen LogP contribution is 2.19. The second-order valence-corrected chi connectivity index (χ2v) is 4.03. The molecule has 4 N–H and O–H groups in total. The van der Waals surface area contributed by atoms with Crippen LogP contribution in [0.5, 0.6) is 5.75 Å². The molecule has 1 unspecified atom stereocenters. The molecule has 0 radical (unpaired) electrons. The first-order valence-electron chi connectivity index (χ1n) is 5.44. The largest absolute Gasteiger partial charge is 0.512 e. The maximum Gasteiger partial charge on any atom is 0.255 e. The van der Waals surface area contributed by atoms with Crippen molar-refractivity contribution in [1.82, 2.24) is 0 Å². The van der Waals surface area contributed by atoms with Crippen molar-refractivity contribution < 1.29 is 20.1 Å². The standard InChI is InChI=1S/C13H13NO4/c15-10-3-1-9(2-4-10)14-13(18)8-5-11(16)7-12(17)6-8/h1-6,11,15-17H,7H2,(H,14,18). The van der Waals surface area contributed by atoms with Gasteiger partial charge >= 0.3 is 0 Å². The molecular formula is C13H13NO4. The van der Waals surface area contributed by atoms with Gasteiger partial charge in [-0.15, -0.1) is 0 Å². The molecule has 1 amide bonds. The Balaban J connectivity index is 2.11. The van der Waals surface area contributed by atoms with Crippen LogP contribution in [0.4, 0.5) is 5.69 Å². The average Bonchev–Trinajstić information content (AvgIpc) is 2.31. The van der Waals surface area contributed by atoms with Crippen molar-refractivity contribution in [1.29, 1.82) is 0 Å². The van der Waals surface area contributed by atoms with E-state index in [2.05, 4.69) is 5.32 Å². The second kappa shape index (κ2) is 4.93. The summed E-state index contributed by atoms with van der Waals surface area (Å²) >= 11 is 0. The molecule has 1 aliphatic rings. The van der Waals surface area contributed by atoms with Crippen molar-refractivity contribution in [3.05, 3.63) is 47.7 Å². The van der Waals surface area contributed by atoms with Gasteiger partial charge in [-0.05, 0) is 36.4 Å². The van der Waals surface area contributed by atoms with Gasteiger partial charge in [-0.3, -0.25) is 4.79 Å². The Morgan fingerprint density at radius 2 is 1.89 bits per heavy atom. The Bertz CT molecular complexity index is 516. The molecular weight excluding hydrogens is 234 g/mol. The molecule has 0 saturated heterocycles. The van der Waals surface area contributed by atoms with E-state index in [-0.39, 0.29) is 23.5 Å². The maximum absolute atomic E-state index is 11.8. The first kappa shape index (κ1) is 12.2. The number of amides is 1. The highest BCUT2D eigenvalue weighted by molar-refractivity contribution is 6.06. The summed E-state index contributed by atoms with van der Waals surface area (Å²) in [4.78, 5) is 11.8. The monoisotopic (exact) mass is 247 g/mol. The lowest BCUT2D eigenvalue weighted by molar-refractivity contribution is -0.112. The number of phenols is 1. The molecule has 2 rings (SSSR count). The van der Waals surface area contributed by atoms with Crippen LogP contribution in [0.2, 0.25) is 0 Å². The lowest BCUT2D eigenvalue weighted by atomic mass is 10.0. The number of carbonyl (C=O) groups excluding carboxylic acids is 1. The number of aliphatic hydroxyl groups excluding tert-OH is 2. The number of hydrogen-bond acceptors (Lipinski definition) is 4. The summed E-state index contributed by atoms with van der Waals surface area (Å²) in [7, 11) is 0. The Kier molecular flexibility index (Phi) is 3.34. The minimum atomic E-state index is -0.851. The topological polar surface area (TPSA) is 89.8 Å². The molecule has 0 aliphatic heterocycles. The Morgan fingerprint density at radius 1 is 1.22 bits per heavy atom. The fraction of sp³-hybridized carbons (Fsp3) is 0.154. The van der Waals surface area contributed by atoms with Gasteiger partial charge < -0.3 is 20.6 Å². The number of hydrogen-bond donors (Lipinski definition) is 4. The molecule has 1 atom stereocenters. The summed E-state index contributed by atoms with van der Waals surface area (Å²) in [5.41, 5.74) is 0.728. The lowest BCUT2D eigenvalue weighted by Crippen LogP contribution is -2.19. The predicted molar refractivity (Wildman–Crippen MR) is 66.2 cm³/mol. The molecule has 1 aromatic rings. The van der Waals surface area contributed by atoms with Crippen molar-refractivity contribution in [2.24, 2.45) is 0 Å². The minimum Gasteiger partial charge on any atom is -0.512 e. The lowest BCUT2D eigenvalue weighted by Gasteiger charge is -2.14. The summed E-state index contributed by atoms with van der Waals surface area (Å²) < 4.78 is 0. The minimum absolute atomic E-state index is 0.0270. The molecule has 94 valence electrons. The zero-order valence-corrected chi connectivity index (χ0v) is 9.50. The van der Waals surface area contributed by atoms with E-state index in [9.17, 15) is 15.0 Å². The molecule has 18 heavy (non-hydrogen) atoms. The molecule has 5 heteroatoms. The van der Waals surface area contributed by atoms with Crippen LogP contribution in [0, 0.1) is 0 Å². The van der Waals surface area contributed by atoms with Gasteiger partial charge in [-0.25, -0.2) is 0 Å². The van der Waals surface area contributed by atoms with Crippen molar-refractivity contribution in [2.75, 3.05) is 5.32 Å². The predicted octanol–water partition coefficient (Wildman–Crippen LogP) is 1.46. The van der Waals surface area contributed by atoms with Crippen LogP contribution in [0.3, 0.4) is 0 Å². The van der Waals surface area contributed by atoms with Crippen molar-refractivity contribution in [3.63, 3.8) is 0 Å². The van der Waals surface area contributed by atoms with E-state index < -0.39 is 12.0 Å². The first-order valence-corrected chi connectivity index (χ1v) is 5.44. The summed E-state index contributed by atoms with van der Waals surface area (Å²) in [5.74, 6) is -0.343. The highest BCUT2D eigenvalue weighted by atomic mass is 16.3. The van der Waals surface area contributed by atoms with Crippen LogP contribution in [-0.4, -0.2) is 27.3 Å². The van der Waals surface area contributed by atoms with Crippen molar-refractivity contribution in [3.8, 4) is 5.75 Å². The number of aromatic hydroxyl groups is 1. The van der Waals surface area contributed by atoms with Crippen LogP contribution in [0.1, 0.15) is 6.42 Å². The molecule has 5 nitrogen and oxygen atoms in total. The molecule has 0 aromatic heterocycles. The van der Waals surface area contributed by atoms with Gasteiger partial charge in [0.15, 0.2) is 0 Å². The highest BCUT2D eigenvalue weighted by Gasteiger charge is 2.17. The molecule has 0 fully saturated rings. The number of carbonyl (C=O) groups is 1. The SMILES string of the molecule is O=C(Nc1ccc(O)cc1)C1=CC(O)CC(O)=C1. The number of benzene rings is 1. The van der Waals surface area contributed by atoms with Gasteiger partial charge in [-0.2, -0.15) is 0 Å². The van der Waals surface area contributed by atoms with Crippen LogP contribution < -0.4 is 5.32 Å². The molecule has 0 saturated carbocycles. The fourth-order valence-corrected chi connectivity index (χ4v) is 1.66. The van der Waals surface area contributed by atoms with Gasteiger partial charge in [0.05, 0.1) is 11.9 Å². The summed E-state index contributed by atoms with van der Waals surface area (Å²) in [6.45, 7) is 0. The smallest absolute Gasteiger partial charge is 0.255 e. The number of phenolic OH excluding ortho intramolecular Hbond substituents is 1. The zero-order chi connectivity index (χ0) is 13.1. The Labute approximate surface area is 104 Å². The molecule has 0 heterocycles. The van der Waals surface area contributed by atoms with Crippen LogP contribution in [-0.2, 0) is 4.79 Å². The zero-order valence-electron chi connectivity index (χ0n) is 9.50. The number of rotatable bonds is 2. The van der Waals surface area contributed by atoms with Crippen LogP contribution in [0.15, 0.2) is 47.7 Å². The van der Waals surface area contributed by atoms with Crippen molar-refractivity contribution >= 4 is 11.6 Å². The van der Waals surface area contributed by atoms with Gasteiger partial charge in [-0.1, -0.05) is 0 Å². The van der Waals surface area contributed by atoms with E-state index in [0.717, 1.165) is 0 Å². The average molecular weight is 247 g/mol. The first-order chi connectivity index (χ1) is 8.54. The number of anilines is 1. The van der Waals surface area contributed by atoms with Gasteiger partial charge in [0.1, 0.15) is 5.75 Å². The summed E-state index contributed by atoms with van der Waals surface area (Å²) in [6.07, 6.45) is 1.98. The van der Waals surface area contributed by atoms with E-state index >= 15 is 0 Å². The molecule has 1 aliphatic carbocycles. The fourth-order valence-electron chi connectivity index (χ4n) is 1.66. The van der Waals surface area contributed by atoms with Gasteiger partial charge in [0.25, 0.3) is 5.91 Å². The third-order valence-electron chi connectivity index (χ3n) is 2.50. The van der Waals surface area contributed by atoms with E-state index in [1.807, 2.05) is 0 Å². The molecule has 0 bridgehead atoms. The number of nitrogens with one attached hydrogen (secondary N) is 1. The van der Waals surface area contributed by atoms with Gasteiger partial charge in [0.2, 0.25) is 0 Å². The third kappa shape index (κ3) is 2.89. The van der Waals surface area contributed by atoms with E-state index in [1.165, 1.54) is 24.3 Å². The van der Waals surface area contributed by atoms with Crippen LogP contribution >= 0.6 is 0 Å². The van der Waals surface area contributed by atoms with Crippen LogP contribution in [0.25, 0.3) is 0 Å². The molecule has 0 spiro atoms. The normalized spacial score (nSPS) is 18.8. The summed E-state index contributed by atoms with van der Waals surface area (Å²) in [6, 6.07) is 6.01.